The minimum Gasteiger partial charge on any atom is -0.480 e. The molecular formula is C33H34N4O3. The minimum atomic E-state index is -0.413. The highest BCUT2D eigenvalue weighted by atomic mass is 16.5. The third-order valence-electron chi connectivity index (χ3n) is 6.96. The number of ether oxygens (including phenoxy) is 1. The van der Waals surface area contributed by atoms with Crippen molar-refractivity contribution in [3.8, 4) is 5.75 Å². The quantitative estimate of drug-likeness (QED) is 0.293. The van der Waals surface area contributed by atoms with E-state index in [4.69, 9.17) is 4.74 Å². The number of likely N-dealkylation sites (N-methyl/N-ethyl adjacent to an activating group) is 1. The van der Waals surface area contributed by atoms with Crippen LogP contribution in [0.4, 0.5) is 16.2 Å². The molecule has 0 atom stereocenters. The fourth-order valence-electron chi connectivity index (χ4n) is 4.82. The third-order valence-corrected chi connectivity index (χ3v) is 6.96. The lowest BCUT2D eigenvalue weighted by Crippen LogP contribution is -2.35. The normalized spacial score (nSPS) is 13.9. The van der Waals surface area contributed by atoms with Gasteiger partial charge in [-0.1, -0.05) is 78.9 Å². The lowest BCUT2D eigenvalue weighted by Gasteiger charge is -2.25. The van der Waals surface area contributed by atoms with Gasteiger partial charge >= 0.3 is 6.03 Å². The monoisotopic (exact) mass is 534 g/mol. The van der Waals surface area contributed by atoms with E-state index in [0.717, 1.165) is 30.6 Å². The average Bonchev–Trinajstić information content (AvgIpc) is 3.21. The van der Waals surface area contributed by atoms with Gasteiger partial charge in [0.05, 0.1) is 5.56 Å². The van der Waals surface area contributed by atoms with E-state index in [0.29, 0.717) is 35.8 Å². The first kappa shape index (κ1) is 27.0. The van der Waals surface area contributed by atoms with E-state index >= 15 is 0 Å². The SMILES string of the molecule is CN1CCCN(C(=O)c2cc(NC(=O)Nc3ccccc3)ccc2OC(c2ccccc2)c2ccccc2)CC1. The number of nitrogens with one attached hydrogen (secondary N) is 2. The smallest absolute Gasteiger partial charge is 0.323 e. The molecule has 0 saturated carbocycles. The van der Waals surface area contributed by atoms with E-state index < -0.39 is 6.10 Å². The number of urea groups is 1. The highest BCUT2D eigenvalue weighted by Gasteiger charge is 2.25. The van der Waals surface area contributed by atoms with Gasteiger partial charge in [0.2, 0.25) is 0 Å². The number of carbonyl (C=O) groups excluding carboxylic acids is 2. The van der Waals surface area contributed by atoms with Gasteiger partial charge < -0.3 is 25.2 Å². The number of hydrogen-bond acceptors (Lipinski definition) is 4. The van der Waals surface area contributed by atoms with Crippen LogP contribution in [0, 0.1) is 0 Å². The first-order valence-corrected chi connectivity index (χ1v) is 13.6. The summed E-state index contributed by atoms with van der Waals surface area (Å²) in [7, 11) is 2.07. The number of hydrogen-bond donors (Lipinski definition) is 2. The van der Waals surface area contributed by atoms with Gasteiger partial charge in [-0.05, 0) is 61.5 Å². The van der Waals surface area contributed by atoms with Crippen LogP contribution in [0.25, 0.3) is 0 Å². The summed E-state index contributed by atoms with van der Waals surface area (Å²) in [6.07, 6.45) is 0.483. The number of benzene rings is 4. The van der Waals surface area contributed by atoms with Crippen molar-refractivity contribution in [2.45, 2.75) is 12.5 Å². The first-order chi connectivity index (χ1) is 19.6. The zero-order valence-electron chi connectivity index (χ0n) is 22.6. The molecule has 1 fully saturated rings. The van der Waals surface area contributed by atoms with Crippen LogP contribution in [0.3, 0.4) is 0 Å². The summed E-state index contributed by atoms with van der Waals surface area (Å²) in [5.41, 5.74) is 3.56. The molecule has 2 N–H and O–H groups in total. The van der Waals surface area contributed by atoms with Gasteiger partial charge in [0.25, 0.3) is 5.91 Å². The second kappa shape index (κ2) is 13.0. The van der Waals surface area contributed by atoms with Crippen LogP contribution in [-0.2, 0) is 0 Å². The van der Waals surface area contributed by atoms with Crippen molar-refractivity contribution in [3.63, 3.8) is 0 Å². The Hall–Kier alpha value is -4.62. The Balaban J connectivity index is 1.47. The van der Waals surface area contributed by atoms with E-state index in [1.54, 1.807) is 18.2 Å². The van der Waals surface area contributed by atoms with Gasteiger partial charge in [-0.25, -0.2) is 4.79 Å². The lowest BCUT2D eigenvalue weighted by molar-refractivity contribution is 0.0756. The van der Waals surface area contributed by atoms with Crippen molar-refractivity contribution >= 4 is 23.3 Å². The fourth-order valence-corrected chi connectivity index (χ4v) is 4.82. The molecule has 0 radical (unpaired) electrons. The first-order valence-electron chi connectivity index (χ1n) is 13.6. The second-order valence-corrected chi connectivity index (χ2v) is 9.92. The number of carbonyl (C=O) groups is 2. The number of rotatable bonds is 7. The molecule has 0 aromatic heterocycles. The standard InChI is InChI=1S/C33H34N4O3/c1-36-20-11-21-37(23-22-36)32(38)29-24-28(35-33(39)34-27-16-9-4-10-17-27)18-19-30(29)40-31(25-12-5-2-6-13-25)26-14-7-3-8-15-26/h2-10,12-19,24,31H,11,20-23H2,1H3,(H2,34,35,39). The Morgan fingerprint density at radius 1 is 0.700 bits per heavy atom. The Morgan fingerprint density at radius 2 is 1.30 bits per heavy atom. The molecule has 1 aliphatic rings. The van der Waals surface area contributed by atoms with E-state index in [2.05, 4.69) is 22.6 Å². The highest BCUT2D eigenvalue weighted by molar-refractivity contribution is 6.02. The lowest BCUT2D eigenvalue weighted by atomic mass is 10.0. The Bertz CT molecular complexity index is 1370. The van der Waals surface area contributed by atoms with Gasteiger partial charge in [0.15, 0.2) is 0 Å². The van der Waals surface area contributed by atoms with Crippen LogP contribution in [0.2, 0.25) is 0 Å². The maximum Gasteiger partial charge on any atom is 0.323 e. The van der Waals surface area contributed by atoms with E-state index in [9.17, 15) is 9.59 Å². The molecule has 0 aliphatic carbocycles. The topological polar surface area (TPSA) is 73.9 Å². The molecule has 4 aromatic rings. The number of anilines is 2. The van der Waals surface area contributed by atoms with E-state index in [1.165, 1.54) is 0 Å². The number of nitrogens with zero attached hydrogens (tertiary/aromatic N) is 2. The molecule has 5 rings (SSSR count). The Morgan fingerprint density at radius 3 is 1.95 bits per heavy atom. The zero-order chi connectivity index (χ0) is 27.7. The molecule has 0 spiro atoms. The van der Waals surface area contributed by atoms with Gasteiger partial charge in [-0.2, -0.15) is 0 Å². The molecule has 0 unspecified atom stereocenters. The van der Waals surface area contributed by atoms with Crippen LogP contribution >= 0.6 is 0 Å². The summed E-state index contributed by atoms with van der Waals surface area (Å²) < 4.78 is 6.65. The van der Waals surface area contributed by atoms with Crippen LogP contribution in [0.15, 0.2) is 109 Å². The van der Waals surface area contributed by atoms with Crippen molar-refractivity contribution in [1.29, 1.82) is 0 Å². The van der Waals surface area contributed by atoms with E-state index in [1.807, 2.05) is 95.9 Å². The molecule has 1 heterocycles. The molecule has 40 heavy (non-hydrogen) atoms. The van der Waals surface area contributed by atoms with Crippen molar-refractivity contribution in [2.75, 3.05) is 43.9 Å². The highest BCUT2D eigenvalue weighted by Crippen LogP contribution is 2.33. The molecule has 7 nitrogen and oxygen atoms in total. The fraction of sp³-hybridized carbons (Fsp3) is 0.212. The summed E-state index contributed by atoms with van der Waals surface area (Å²) in [6, 6.07) is 34.0. The predicted octanol–water partition coefficient (Wildman–Crippen LogP) is 6.28. The van der Waals surface area contributed by atoms with Gasteiger partial charge in [-0.15, -0.1) is 0 Å². The Labute approximate surface area is 235 Å². The summed E-state index contributed by atoms with van der Waals surface area (Å²) in [6.45, 7) is 3.03. The number of para-hydroxylation sites is 1. The van der Waals surface area contributed by atoms with Gasteiger partial charge in [0.1, 0.15) is 11.9 Å². The van der Waals surface area contributed by atoms with Crippen LogP contribution < -0.4 is 15.4 Å². The molecule has 204 valence electrons. The maximum atomic E-state index is 14.0. The zero-order valence-corrected chi connectivity index (χ0v) is 22.6. The second-order valence-electron chi connectivity index (χ2n) is 9.92. The average molecular weight is 535 g/mol. The molecule has 4 aromatic carbocycles. The van der Waals surface area contributed by atoms with Crippen molar-refractivity contribution in [3.05, 3.63) is 126 Å². The molecule has 1 saturated heterocycles. The summed E-state index contributed by atoms with van der Waals surface area (Å²) in [5.74, 6) is 0.353. The molecule has 7 heteroatoms. The van der Waals surface area contributed by atoms with Crippen molar-refractivity contribution in [2.24, 2.45) is 0 Å². The summed E-state index contributed by atoms with van der Waals surface area (Å²) in [4.78, 5) is 30.8. The predicted molar refractivity (Wildman–Crippen MR) is 159 cm³/mol. The summed E-state index contributed by atoms with van der Waals surface area (Å²) in [5, 5.41) is 5.69. The molecule has 0 bridgehead atoms. The summed E-state index contributed by atoms with van der Waals surface area (Å²) >= 11 is 0. The van der Waals surface area contributed by atoms with Crippen molar-refractivity contribution in [1.82, 2.24) is 9.80 Å². The number of amides is 3. The molecular weight excluding hydrogens is 500 g/mol. The molecule has 3 amide bonds. The van der Waals surface area contributed by atoms with Crippen LogP contribution in [0.5, 0.6) is 5.75 Å². The minimum absolute atomic E-state index is 0.114. The van der Waals surface area contributed by atoms with Crippen LogP contribution in [-0.4, -0.2) is 55.0 Å². The van der Waals surface area contributed by atoms with Gasteiger partial charge in [0, 0.05) is 31.0 Å². The Kier molecular flexibility index (Phi) is 8.73. The van der Waals surface area contributed by atoms with Gasteiger partial charge in [-0.3, -0.25) is 4.79 Å². The van der Waals surface area contributed by atoms with Crippen molar-refractivity contribution < 1.29 is 14.3 Å². The van der Waals surface area contributed by atoms with E-state index in [-0.39, 0.29) is 11.9 Å². The third kappa shape index (κ3) is 6.87. The molecule has 1 aliphatic heterocycles. The van der Waals surface area contributed by atoms with Crippen LogP contribution in [0.1, 0.15) is 34.0 Å². The largest absolute Gasteiger partial charge is 0.480 e. The maximum absolute atomic E-state index is 14.0.